The van der Waals surface area contributed by atoms with Crippen LogP contribution in [0.25, 0.3) is 0 Å². The summed E-state index contributed by atoms with van der Waals surface area (Å²) in [5.74, 6) is 0.554. The average Bonchev–Trinajstić information content (AvgIpc) is 2.57. The van der Waals surface area contributed by atoms with Gasteiger partial charge < -0.3 is 9.47 Å². The molecule has 0 unspecified atom stereocenters. The van der Waals surface area contributed by atoms with E-state index in [0.29, 0.717) is 11.4 Å². The fourth-order valence-electron chi connectivity index (χ4n) is 1.92. The largest absolute Gasteiger partial charge is 0.497 e. The van der Waals surface area contributed by atoms with Crippen LogP contribution in [-0.4, -0.2) is 28.2 Å². The number of methoxy groups -OCH3 is 1. The Hall–Kier alpha value is -2.74. The Morgan fingerprint density at radius 1 is 1.04 bits per heavy atom. The molecule has 0 aromatic heterocycles. The van der Waals surface area contributed by atoms with E-state index in [1.165, 1.54) is 19.2 Å². The molecule has 0 atom stereocenters. The lowest BCUT2D eigenvalue weighted by Gasteiger charge is -2.13. The minimum absolute atomic E-state index is 0.0780. The summed E-state index contributed by atoms with van der Waals surface area (Å²) >= 11 is 0. The van der Waals surface area contributed by atoms with Crippen molar-refractivity contribution in [1.82, 2.24) is 0 Å². The number of carbonyl (C=O) groups excluding carboxylic acids is 1. The van der Waals surface area contributed by atoms with Crippen LogP contribution in [0, 0.1) is 0 Å². The van der Waals surface area contributed by atoms with Crippen molar-refractivity contribution in [2.24, 2.45) is 0 Å². The Labute approximate surface area is 140 Å². The van der Waals surface area contributed by atoms with Gasteiger partial charge >= 0.3 is 6.09 Å². The lowest BCUT2D eigenvalue weighted by atomic mass is 10.3. The number of carbonyl (C=O) groups is 1. The molecule has 2 aromatic carbocycles. The molecule has 1 amide bonds. The lowest BCUT2D eigenvalue weighted by Crippen LogP contribution is -2.17. The summed E-state index contributed by atoms with van der Waals surface area (Å²) in [6.07, 6.45) is -0.659. The maximum absolute atomic E-state index is 12.5. The number of sulfonamides is 1. The summed E-state index contributed by atoms with van der Waals surface area (Å²) < 4.78 is 37.2. The van der Waals surface area contributed by atoms with Crippen molar-refractivity contribution in [3.8, 4) is 5.75 Å². The number of nitrogens with one attached hydrogen (secondary N) is 2. The number of para-hydroxylation sites is 2. The number of benzene rings is 2. The molecule has 0 aliphatic carbocycles. The molecular formula is C16H18N2O5S. The third kappa shape index (κ3) is 4.39. The molecule has 0 fully saturated rings. The molecule has 0 bridgehead atoms. The molecule has 2 rings (SSSR count). The second-order valence-electron chi connectivity index (χ2n) is 4.67. The Kier molecular flexibility index (Phi) is 5.64. The van der Waals surface area contributed by atoms with E-state index in [9.17, 15) is 13.2 Å². The van der Waals surface area contributed by atoms with Crippen molar-refractivity contribution in [2.45, 2.75) is 11.8 Å². The van der Waals surface area contributed by atoms with E-state index in [4.69, 9.17) is 9.47 Å². The van der Waals surface area contributed by atoms with Crippen LogP contribution in [0.1, 0.15) is 6.92 Å². The van der Waals surface area contributed by atoms with E-state index in [0.717, 1.165) is 0 Å². The van der Waals surface area contributed by atoms with E-state index >= 15 is 0 Å². The second-order valence-corrected chi connectivity index (χ2v) is 6.35. The third-order valence-corrected chi connectivity index (χ3v) is 4.43. The highest BCUT2D eigenvalue weighted by atomic mass is 32.2. The van der Waals surface area contributed by atoms with Gasteiger partial charge in [0.25, 0.3) is 10.0 Å². The zero-order valence-electron chi connectivity index (χ0n) is 13.3. The standard InChI is InChI=1S/C16H18N2O5S/c1-3-23-16(19)17-14-6-4-5-7-15(14)18-24(20,21)13-10-8-12(22-2)9-11-13/h4-11,18H,3H2,1-2H3,(H,17,19). The molecule has 0 saturated heterocycles. The Morgan fingerprint density at radius 3 is 2.25 bits per heavy atom. The molecule has 8 heteroatoms. The van der Waals surface area contributed by atoms with Crippen LogP contribution in [0.15, 0.2) is 53.4 Å². The Morgan fingerprint density at radius 2 is 1.67 bits per heavy atom. The quantitative estimate of drug-likeness (QED) is 0.835. The van der Waals surface area contributed by atoms with Crippen molar-refractivity contribution in [3.63, 3.8) is 0 Å². The van der Waals surface area contributed by atoms with E-state index in [1.54, 1.807) is 43.3 Å². The van der Waals surface area contributed by atoms with Gasteiger partial charge in [-0.3, -0.25) is 10.0 Å². The van der Waals surface area contributed by atoms with Crippen molar-refractivity contribution < 1.29 is 22.7 Å². The number of amides is 1. The topological polar surface area (TPSA) is 93.7 Å². The molecule has 128 valence electrons. The van der Waals surface area contributed by atoms with Crippen LogP contribution in [0.3, 0.4) is 0 Å². The first-order valence-electron chi connectivity index (χ1n) is 7.16. The number of rotatable bonds is 6. The molecule has 0 aliphatic rings. The second kappa shape index (κ2) is 7.69. The zero-order chi connectivity index (χ0) is 17.6. The molecular weight excluding hydrogens is 332 g/mol. The number of anilines is 2. The summed E-state index contributed by atoms with van der Waals surface area (Å²) in [7, 11) is -2.31. The monoisotopic (exact) mass is 350 g/mol. The molecule has 7 nitrogen and oxygen atoms in total. The number of hydrogen-bond acceptors (Lipinski definition) is 5. The minimum Gasteiger partial charge on any atom is -0.497 e. The molecule has 2 aromatic rings. The first-order chi connectivity index (χ1) is 11.5. The van der Waals surface area contributed by atoms with Crippen LogP contribution in [0.5, 0.6) is 5.75 Å². The number of hydrogen-bond donors (Lipinski definition) is 2. The predicted molar refractivity (Wildman–Crippen MR) is 90.9 cm³/mol. The first kappa shape index (κ1) is 17.6. The van der Waals surface area contributed by atoms with Crippen molar-refractivity contribution in [3.05, 3.63) is 48.5 Å². The van der Waals surface area contributed by atoms with Crippen LogP contribution >= 0.6 is 0 Å². The Balaban J connectivity index is 2.24. The fraction of sp³-hybridized carbons (Fsp3) is 0.188. The van der Waals surface area contributed by atoms with Gasteiger partial charge in [0, 0.05) is 0 Å². The van der Waals surface area contributed by atoms with Gasteiger partial charge in [-0.1, -0.05) is 12.1 Å². The van der Waals surface area contributed by atoms with Crippen molar-refractivity contribution in [2.75, 3.05) is 23.8 Å². The molecule has 24 heavy (non-hydrogen) atoms. The van der Waals surface area contributed by atoms with Crippen molar-refractivity contribution in [1.29, 1.82) is 0 Å². The SMILES string of the molecule is CCOC(=O)Nc1ccccc1NS(=O)(=O)c1ccc(OC)cc1. The van der Waals surface area contributed by atoms with E-state index in [-0.39, 0.29) is 17.2 Å². The highest BCUT2D eigenvalue weighted by Crippen LogP contribution is 2.25. The maximum atomic E-state index is 12.5. The van der Waals surface area contributed by atoms with Gasteiger partial charge in [0.15, 0.2) is 0 Å². The third-order valence-electron chi connectivity index (χ3n) is 3.05. The van der Waals surface area contributed by atoms with E-state index in [1.807, 2.05) is 0 Å². The highest BCUT2D eigenvalue weighted by Gasteiger charge is 2.17. The molecule has 0 spiro atoms. The normalized spacial score (nSPS) is 10.8. The smallest absolute Gasteiger partial charge is 0.411 e. The molecule has 0 radical (unpaired) electrons. The van der Waals surface area contributed by atoms with Crippen LogP contribution in [-0.2, 0) is 14.8 Å². The van der Waals surface area contributed by atoms with Crippen LogP contribution in [0.2, 0.25) is 0 Å². The summed E-state index contributed by atoms with van der Waals surface area (Å²) in [5.41, 5.74) is 0.536. The minimum atomic E-state index is -3.81. The molecule has 0 saturated carbocycles. The molecule has 0 heterocycles. The van der Waals surface area contributed by atoms with Crippen molar-refractivity contribution >= 4 is 27.5 Å². The zero-order valence-corrected chi connectivity index (χ0v) is 14.1. The Bertz CT molecular complexity index is 803. The van der Waals surface area contributed by atoms with Gasteiger partial charge in [-0.2, -0.15) is 0 Å². The number of ether oxygens (including phenoxy) is 2. The summed E-state index contributed by atoms with van der Waals surface area (Å²) in [5, 5.41) is 2.50. The van der Waals surface area contributed by atoms with E-state index in [2.05, 4.69) is 10.0 Å². The van der Waals surface area contributed by atoms with Gasteiger partial charge in [-0.15, -0.1) is 0 Å². The van der Waals surface area contributed by atoms with Crippen LogP contribution < -0.4 is 14.8 Å². The van der Waals surface area contributed by atoms with Gasteiger partial charge in [0.2, 0.25) is 0 Å². The highest BCUT2D eigenvalue weighted by molar-refractivity contribution is 7.92. The fourth-order valence-corrected chi connectivity index (χ4v) is 3.00. The van der Waals surface area contributed by atoms with Gasteiger partial charge in [-0.05, 0) is 43.3 Å². The predicted octanol–water partition coefficient (Wildman–Crippen LogP) is 3.06. The summed E-state index contributed by atoms with van der Waals surface area (Å²) in [6, 6.07) is 12.4. The molecule has 0 aliphatic heterocycles. The average molecular weight is 350 g/mol. The summed E-state index contributed by atoms with van der Waals surface area (Å²) in [6.45, 7) is 1.89. The summed E-state index contributed by atoms with van der Waals surface area (Å²) in [4.78, 5) is 11.6. The van der Waals surface area contributed by atoms with Gasteiger partial charge in [0.1, 0.15) is 5.75 Å². The van der Waals surface area contributed by atoms with Gasteiger partial charge in [-0.25, -0.2) is 13.2 Å². The first-order valence-corrected chi connectivity index (χ1v) is 8.64. The van der Waals surface area contributed by atoms with E-state index < -0.39 is 16.1 Å². The van der Waals surface area contributed by atoms with Gasteiger partial charge in [0.05, 0.1) is 30.0 Å². The maximum Gasteiger partial charge on any atom is 0.411 e. The van der Waals surface area contributed by atoms with Crippen LogP contribution in [0.4, 0.5) is 16.2 Å². The lowest BCUT2D eigenvalue weighted by molar-refractivity contribution is 0.168. The molecule has 2 N–H and O–H groups in total.